The fraction of sp³-hybridized carbons (Fsp3) is 0.211. The number of amides is 1. The third-order valence-corrected chi connectivity index (χ3v) is 6.00. The Balaban J connectivity index is 1.84. The summed E-state index contributed by atoms with van der Waals surface area (Å²) in [6.45, 7) is 1.88. The van der Waals surface area contributed by atoms with Crippen LogP contribution in [0.25, 0.3) is 11.0 Å². The van der Waals surface area contributed by atoms with Crippen LogP contribution in [-0.4, -0.2) is 32.5 Å². The lowest BCUT2D eigenvalue weighted by Gasteiger charge is -2.24. The van der Waals surface area contributed by atoms with Crippen molar-refractivity contribution in [3.8, 4) is 0 Å². The minimum absolute atomic E-state index is 0.239. The second-order valence-electron chi connectivity index (χ2n) is 6.23. The summed E-state index contributed by atoms with van der Waals surface area (Å²) in [5.41, 5.74) is 1.49. The third-order valence-electron chi connectivity index (χ3n) is 4.38. The lowest BCUT2D eigenvalue weighted by Crippen LogP contribution is -2.29. The predicted molar refractivity (Wildman–Crippen MR) is 104 cm³/mol. The van der Waals surface area contributed by atoms with Crippen molar-refractivity contribution in [1.29, 1.82) is 0 Å². The molecule has 136 valence electrons. The van der Waals surface area contributed by atoms with E-state index in [1.807, 2.05) is 25.1 Å². The number of carbonyl (C=O) groups excluding carboxylic acids is 1. The van der Waals surface area contributed by atoms with Gasteiger partial charge in [0.05, 0.1) is 10.9 Å². The lowest BCUT2D eigenvalue weighted by molar-refractivity contribution is 0.0713. The summed E-state index contributed by atoms with van der Waals surface area (Å²) in [6, 6.07) is 13.6. The van der Waals surface area contributed by atoms with E-state index in [-0.39, 0.29) is 22.6 Å². The first kappa shape index (κ1) is 18.7. The number of sulfone groups is 1. The van der Waals surface area contributed by atoms with Crippen LogP contribution in [0.15, 0.2) is 62.3 Å². The summed E-state index contributed by atoms with van der Waals surface area (Å²) in [4.78, 5) is 14.6. The topological polar surface area (TPSA) is 67.6 Å². The Hall–Kier alpha value is -2.12. The smallest absolute Gasteiger partial charge is 0.289 e. The highest BCUT2D eigenvalue weighted by atomic mass is 79.9. The zero-order chi connectivity index (χ0) is 19.1. The normalized spacial score (nSPS) is 12.9. The van der Waals surface area contributed by atoms with Crippen LogP contribution in [0, 0.1) is 0 Å². The maximum atomic E-state index is 12.8. The maximum absolute atomic E-state index is 12.8. The monoisotopic (exact) mass is 435 g/mol. The quantitative estimate of drug-likeness (QED) is 0.607. The number of nitrogens with zero attached hydrogens (tertiary/aromatic N) is 1. The number of benzene rings is 2. The standard InChI is InChI=1S/C19H18BrNO4S/c1-12(13-4-7-16(8-5-13)26(3,23)24)21(2)19(22)18-11-14-10-15(20)6-9-17(14)25-18/h4-12H,1-3H3. The summed E-state index contributed by atoms with van der Waals surface area (Å²) in [5, 5.41) is 0.848. The SMILES string of the molecule is CC(c1ccc(S(C)(=O)=O)cc1)N(C)C(=O)c1cc2cc(Br)ccc2o1. The number of halogens is 1. The van der Waals surface area contributed by atoms with Crippen molar-refractivity contribution in [2.24, 2.45) is 0 Å². The van der Waals surface area contributed by atoms with Crippen molar-refractivity contribution in [3.63, 3.8) is 0 Å². The molecule has 0 aliphatic carbocycles. The van der Waals surface area contributed by atoms with Gasteiger partial charge >= 0.3 is 0 Å². The molecule has 0 saturated carbocycles. The minimum Gasteiger partial charge on any atom is -0.451 e. The molecule has 1 unspecified atom stereocenters. The van der Waals surface area contributed by atoms with Gasteiger partial charge in [-0.15, -0.1) is 0 Å². The van der Waals surface area contributed by atoms with Crippen LogP contribution in [0.4, 0.5) is 0 Å². The van der Waals surface area contributed by atoms with Crippen LogP contribution in [0.5, 0.6) is 0 Å². The molecular formula is C19H18BrNO4S. The first-order chi connectivity index (χ1) is 12.2. The number of rotatable bonds is 4. The maximum Gasteiger partial charge on any atom is 0.289 e. The van der Waals surface area contributed by atoms with Gasteiger partial charge in [-0.2, -0.15) is 0 Å². The highest BCUT2D eigenvalue weighted by Gasteiger charge is 2.22. The number of fused-ring (bicyclic) bond motifs is 1. The van der Waals surface area contributed by atoms with Gasteiger partial charge in [0, 0.05) is 23.2 Å². The van der Waals surface area contributed by atoms with E-state index >= 15 is 0 Å². The molecule has 0 aliphatic heterocycles. The van der Waals surface area contributed by atoms with E-state index in [0.29, 0.717) is 5.58 Å². The average Bonchev–Trinajstić information content (AvgIpc) is 3.02. The molecule has 1 heterocycles. The molecule has 0 N–H and O–H groups in total. The zero-order valence-corrected chi connectivity index (χ0v) is 17.0. The Kier molecular flexibility index (Phi) is 4.94. The summed E-state index contributed by atoms with van der Waals surface area (Å²) in [6.07, 6.45) is 1.17. The first-order valence-electron chi connectivity index (χ1n) is 7.93. The predicted octanol–water partition coefficient (Wildman–Crippen LogP) is 4.43. The molecule has 0 saturated heterocycles. The van der Waals surface area contributed by atoms with Crippen molar-refractivity contribution < 1.29 is 17.6 Å². The van der Waals surface area contributed by atoms with Crippen LogP contribution in [-0.2, 0) is 9.84 Å². The van der Waals surface area contributed by atoms with E-state index in [9.17, 15) is 13.2 Å². The van der Waals surface area contributed by atoms with Crippen molar-refractivity contribution in [2.45, 2.75) is 17.9 Å². The van der Waals surface area contributed by atoms with Gasteiger partial charge in [0.25, 0.3) is 5.91 Å². The van der Waals surface area contributed by atoms with Crippen LogP contribution < -0.4 is 0 Å². The number of furan rings is 1. The molecule has 0 aliphatic rings. The van der Waals surface area contributed by atoms with Crippen LogP contribution in [0.1, 0.15) is 29.1 Å². The molecular weight excluding hydrogens is 418 g/mol. The molecule has 3 aromatic rings. The molecule has 1 aromatic heterocycles. The molecule has 0 radical (unpaired) electrons. The van der Waals surface area contributed by atoms with E-state index < -0.39 is 9.84 Å². The van der Waals surface area contributed by atoms with Gasteiger partial charge in [0.1, 0.15) is 5.58 Å². The molecule has 0 spiro atoms. The Morgan fingerprint density at radius 3 is 2.38 bits per heavy atom. The Labute approximate surface area is 160 Å². The molecule has 26 heavy (non-hydrogen) atoms. The van der Waals surface area contributed by atoms with Gasteiger partial charge in [0.15, 0.2) is 15.6 Å². The zero-order valence-electron chi connectivity index (χ0n) is 14.6. The highest BCUT2D eigenvalue weighted by molar-refractivity contribution is 9.10. The Morgan fingerprint density at radius 1 is 1.12 bits per heavy atom. The molecule has 5 nitrogen and oxygen atoms in total. The number of hydrogen-bond acceptors (Lipinski definition) is 4. The van der Waals surface area contributed by atoms with Crippen molar-refractivity contribution in [1.82, 2.24) is 4.90 Å². The van der Waals surface area contributed by atoms with Gasteiger partial charge in [-0.1, -0.05) is 28.1 Å². The van der Waals surface area contributed by atoms with Crippen LogP contribution in [0.3, 0.4) is 0 Å². The van der Waals surface area contributed by atoms with Crippen LogP contribution in [0.2, 0.25) is 0 Å². The van der Waals surface area contributed by atoms with Crippen molar-refractivity contribution >= 4 is 42.6 Å². The van der Waals surface area contributed by atoms with Crippen molar-refractivity contribution in [2.75, 3.05) is 13.3 Å². The van der Waals surface area contributed by atoms with E-state index in [1.165, 1.54) is 6.26 Å². The third kappa shape index (κ3) is 3.68. The molecule has 1 amide bonds. The Morgan fingerprint density at radius 2 is 1.77 bits per heavy atom. The molecule has 1 atom stereocenters. The summed E-state index contributed by atoms with van der Waals surface area (Å²) < 4.78 is 29.7. The summed E-state index contributed by atoms with van der Waals surface area (Å²) in [5.74, 6) is 0.0252. The molecule has 0 bridgehead atoms. The van der Waals surface area contributed by atoms with Gasteiger partial charge in [0.2, 0.25) is 0 Å². The van der Waals surface area contributed by atoms with Crippen molar-refractivity contribution in [3.05, 3.63) is 64.3 Å². The fourth-order valence-electron chi connectivity index (χ4n) is 2.69. The van der Waals surface area contributed by atoms with Gasteiger partial charge in [-0.05, 0) is 48.9 Å². The number of carbonyl (C=O) groups is 1. The van der Waals surface area contributed by atoms with E-state index in [4.69, 9.17) is 4.42 Å². The van der Waals surface area contributed by atoms with Gasteiger partial charge in [-0.3, -0.25) is 4.79 Å². The molecule has 3 rings (SSSR count). The van der Waals surface area contributed by atoms with E-state index in [1.54, 1.807) is 42.3 Å². The van der Waals surface area contributed by atoms with E-state index in [2.05, 4.69) is 15.9 Å². The second-order valence-corrected chi connectivity index (χ2v) is 9.16. The van der Waals surface area contributed by atoms with Gasteiger partial charge in [-0.25, -0.2) is 8.42 Å². The first-order valence-corrected chi connectivity index (χ1v) is 10.6. The summed E-state index contributed by atoms with van der Waals surface area (Å²) in [7, 11) is -1.55. The molecule has 2 aromatic carbocycles. The van der Waals surface area contributed by atoms with Gasteiger partial charge < -0.3 is 9.32 Å². The highest BCUT2D eigenvalue weighted by Crippen LogP contribution is 2.27. The molecule has 0 fully saturated rings. The largest absolute Gasteiger partial charge is 0.451 e. The van der Waals surface area contributed by atoms with Crippen LogP contribution >= 0.6 is 15.9 Å². The second kappa shape index (κ2) is 6.89. The van der Waals surface area contributed by atoms with E-state index in [0.717, 1.165) is 15.4 Å². The minimum atomic E-state index is -3.24. The molecule has 7 heteroatoms. The summed E-state index contributed by atoms with van der Waals surface area (Å²) >= 11 is 3.40. The fourth-order valence-corrected chi connectivity index (χ4v) is 3.70. The lowest BCUT2D eigenvalue weighted by atomic mass is 10.1. The number of hydrogen-bond donors (Lipinski definition) is 0. The average molecular weight is 436 g/mol. The Bertz CT molecular complexity index is 1070.